The SMILES string of the molecule is CCCCOc1ccc(C(=O)NCC(c2cccs2)N2CCCC2)cc1.Cl. The van der Waals surface area contributed by atoms with E-state index in [4.69, 9.17) is 4.74 Å². The summed E-state index contributed by atoms with van der Waals surface area (Å²) in [5.41, 5.74) is 0.680. The number of unbranched alkanes of at least 4 members (excludes halogenated alkanes) is 1. The molecule has 2 heterocycles. The fourth-order valence-corrected chi connectivity index (χ4v) is 4.13. The molecule has 0 aliphatic carbocycles. The van der Waals surface area contributed by atoms with Crippen LogP contribution < -0.4 is 10.1 Å². The Labute approximate surface area is 172 Å². The van der Waals surface area contributed by atoms with Gasteiger partial charge in [0.1, 0.15) is 5.75 Å². The molecule has 1 fully saturated rings. The molecule has 4 nitrogen and oxygen atoms in total. The van der Waals surface area contributed by atoms with Crippen molar-refractivity contribution in [1.82, 2.24) is 10.2 Å². The number of hydrogen-bond acceptors (Lipinski definition) is 4. The van der Waals surface area contributed by atoms with Gasteiger partial charge in [0.25, 0.3) is 5.91 Å². The number of carbonyl (C=O) groups is 1. The molecule has 2 aromatic rings. The average molecular weight is 409 g/mol. The smallest absolute Gasteiger partial charge is 0.251 e. The Balaban J connectivity index is 0.00000261. The number of nitrogens with one attached hydrogen (secondary N) is 1. The third kappa shape index (κ3) is 6.23. The van der Waals surface area contributed by atoms with Crippen molar-refractivity contribution in [1.29, 1.82) is 0 Å². The number of likely N-dealkylation sites (tertiary alicyclic amines) is 1. The summed E-state index contributed by atoms with van der Waals surface area (Å²) in [6.07, 6.45) is 4.65. The number of halogens is 1. The van der Waals surface area contributed by atoms with E-state index in [0.29, 0.717) is 12.1 Å². The highest BCUT2D eigenvalue weighted by atomic mass is 35.5. The fourth-order valence-electron chi connectivity index (χ4n) is 3.27. The summed E-state index contributed by atoms with van der Waals surface area (Å²) in [7, 11) is 0. The van der Waals surface area contributed by atoms with Gasteiger partial charge in [-0.1, -0.05) is 19.4 Å². The molecular weight excluding hydrogens is 380 g/mol. The first kappa shape index (κ1) is 21.7. The van der Waals surface area contributed by atoms with Crippen LogP contribution in [0, 0.1) is 0 Å². The number of hydrogen-bond donors (Lipinski definition) is 1. The van der Waals surface area contributed by atoms with Crippen molar-refractivity contribution in [2.45, 2.75) is 38.6 Å². The number of amides is 1. The van der Waals surface area contributed by atoms with Crippen molar-refractivity contribution < 1.29 is 9.53 Å². The quantitative estimate of drug-likeness (QED) is 0.599. The van der Waals surface area contributed by atoms with Gasteiger partial charge in [0.2, 0.25) is 0 Å². The van der Waals surface area contributed by atoms with E-state index in [1.165, 1.54) is 17.7 Å². The first-order valence-corrected chi connectivity index (χ1v) is 10.4. The van der Waals surface area contributed by atoms with Crippen molar-refractivity contribution in [3.63, 3.8) is 0 Å². The highest BCUT2D eigenvalue weighted by Gasteiger charge is 2.24. The molecule has 27 heavy (non-hydrogen) atoms. The van der Waals surface area contributed by atoms with Crippen LogP contribution in [0.3, 0.4) is 0 Å². The minimum Gasteiger partial charge on any atom is -0.494 e. The molecule has 0 bridgehead atoms. The lowest BCUT2D eigenvalue weighted by atomic mass is 10.1. The first-order chi connectivity index (χ1) is 12.8. The maximum Gasteiger partial charge on any atom is 0.251 e. The van der Waals surface area contributed by atoms with E-state index >= 15 is 0 Å². The van der Waals surface area contributed by atoms with Crippen LogP contribution >= 0.6 is 23.7 Å². The number of rotatable bonds is 9. The molecule has 1 aromatic heterocycles. The maximum absolute atomic E-state index is 12.5. The summed E-state index contributed by atoms with van der Waals surface area (Å²) in [6, 6.07) is 12.0. The van der Waals surface area contributed by atoms with Gasteiger partial charge in [0, 0.05) is 17.0 Å². The zero-order chi connectivity index (χ0) is 18.2. The molecule has 1 amide bonds. The molecule has 148 valence electrons. The Hall–Kier alpha value is -1.56. The summed E-state index contributed by atoms with van der Waals surface area (Å²) in [6.45, 7) is 5.74. The van der Waals surface area contributed by atoms with Crippen LogP contribution in [0.4, 0.5) is 0 Å². The van der Waals surface area contributed by atoms with E-state index in [-0.39, 0.29) is 24.4 Å². The molecule has 1 aliphatic heterocycles. The van der Waals surface area contributed by atoms with Gasteiger partial charge in [0.05, 0.1) is 12.6 Å². The summed E-state index contributed by atoms with van der Waals surface area (Å²) in [4.78, 5) is 16.3. The van der Waals surface area contributed by atoms with Gasteiger partial charge in [-0.15, -0.1) is 23.7 Å². The van der Waals surface area contributed by atoms with Gasteiger partial charge in [0.15, 0.2) is 0 Å². The van der Waals surface area contributed by atoms with Gasteiger partial charge in [-0.2, -0.15) is 0 Å². The molecule has 0 radical (unpaired) electrons. The van der Waals surface area contributed by atoms with Gasteiger partial charge in [-0.3, -0.25) is 9.69 Å². The zero-order valence-electron chi connectivity index (χ0n) is 15.9. The fraction of sp³-hybridized carbons (Fsp3) is 0.476. The van der Waals surface area contributed by atoms with Gasteiger partial charge < -0.3 is 10.1 Å². The van der Waals surface area contributed by atoms with Crippen LogP contribution in [0.2, 0.25) is 0 Å². The van der Waals surface area contributed by atoms with Crippen molar-refractivity contribution in [3.05, 3.63) is 52.2 Å². The topological polar surface area (TPSA) is 41.6 Å². The van der Waals surface area contributed by atoms with Crippen LogP contribution in [-0.4, -0.2) is 37.0 Å². The van der Waals surface area contributed by atoms with Crippen molar-refractivity contribution >= 4 is 29.7 Å². The van der Waals surface area contributed by atoms with E-state index < -0.39 is 0 Å². The molecule has 1 aromatic carbocycles. The molecular formula is C21H29ClN2O2S. The standard InChI is InChI=1S/C21H28N2O2S.ClH/c1-2-3-14-25-18-10-8-17(9-11-18)21(24)22-16-19(20-7-6-15-26-20)23-12-4-5-13-23;/h6-11,15,19H,2-5,12-14,16H2,1H3,(H,22,24);1H. The van der Waals surface area contributed by atoms with E-state index in [1.807, 2.05) is 24.3 Å². The second-order valence-corrected chi connectivity index (χ2v) is 7.69. The second-order valence-electron chi connectivity index (χ2n) is 6.71. The number of ether oxygens (including phenoxy) is 1. The molecule has 0 spiro atoms. The summed E-state index contributed by atoms with van der Waals surface area (Å²) >= 11 is 1.77. The van der Waals surface area contributed by atoms with E-state index in [2.05, 4.69) is 34.7 Å². The number of benzene rings is 1. The number of carbonyl (C=O) groups excluding carboxylic acids is 1. The molecule has 6 heteroatoms. The molecule has 1 aliphatic rings. The lowest BCUT2D eigenvalue weighted by Gasteiger charge is -2.26. The third-order valence-corrected chi connectivity index (χ3v) is 5.77. The molecule has 1 unspecified atom stereocenters. The maximum atomic E-state index is 12.5. The highest BCUT2D eigenvalue weighted by Crippen LogP contribution is 2.28. The highest BCUT2D eigenvalue weighted by molar-refractivity contribution is 7.10. The Morgan fingerprint density at radius 1 is 1.22 bits per heavy atom. The minimum atomic E-state index is -0.0224. The summed E-state index contributed by atoms with van der Waals surface area (Å²) in [5, 5.41) is 5.23. The number of thiophene rings is 1. The molecule has 1 atom stereocenters. The minimum absolute atomic E-state index is 0. The lowest BCUT2D eigenvalue weighted by Crippen LogP contribution is -2.36. The monoisotopic (exact) mass is 408 g/mol. The van der Waals surface area contributed by atoms with Gasteiger partial charge in [-0.05, 0) is 68.1 Å². The third-order valence-electron chi connectivity index (χ3n) is 4.79. The number of nitrogens with zero attached hydrogens (tertiary/aromatic N) is 1. The van der Waals surface area contributed by atoms with Crippen LogP contribution in [0.15, 0.2) is 41.8 Å². The van der Waals surface area contributed by atoms with Crippen molar-refractivity contribution in [3.8, 4) is 5.75 Å². The van der Waals surface area contributed by atoms with Gasteiger partial charge >= 0.3 is 0 Å². The Kier molecular flexibility index (Phi) is 9.11. The van der Waals surface area contributed by atoms with E-state index in [1.54, 1.807) is 11.3 Å². The summed E-state index contributed by atoms with van der Waals surface area (Å²) in [5.74, 6) is 0.800. The Morgan fingerprint density at radius 3 is 2.59 bits per heavy atom. The predicted octanol–water partition coefficient (Wildman–Crippen LogP) is 4.92. The molecule has 3 rings (SSSR count). The predicted molar refractivity (Wildman–Crippen MR) is 114 cm³/mol. The normalized spacial score (nSPS) is 15.1. The van der Waals surface area contributed by atoms with Crippen LogP contribution in [0.5, 0.6) is 5.75 Å². The average Bonchev–Trinajstić information content (AvgIpc) is 3.37. The van der Waals surface area contributed by atoms with E-state index in [0.717, 1.165) is 38.3 Å². The molecule has 1 saturated heterocycles. The molecule has 1 N–H and O–H groups in total. The van der Waals surface area contributed by atoms with E-state index in [9.17, 15) is 4.79 Å². The Bertz CT molecular complexity index is 670. The van der Waals surface area contributed by atoms with Crippen LogP contribution in [0.25, 0.3) is 0 Å². The van der Waals surface area contributed by atoms with Crippen LogP contribution in [-0.2, 0) is 0 Å². The molecule has 0 saturated carbocycles. The zero-order valence-corrected chi connectivity index (χ0v) is 17.5. The van der Waals surface area contributed by atoms with Gasteiger partial charge in [-0.25, -0.2) is 0 Å². The lowest BCUT2D eigenvalue weighted by molar-refractivity contribution is 0.0938. The first-order valence-electron chi connectivity index (χ1n) is 9.56. The second kappa shape index (κ2) is 11.3. The summed E-state index contributed by atoms with van der Waals surface area (Å²) < 4.78 is 5.66. The van der Waals surface area contributed by atoms with Crippen LogP contribution in [0.1, 0.15) is 53.9 Å². The largest absolute Gasteiger partial charge is 0.494 e. The Morgan fingerprint density at radius 2 is 1.96 bits per heavy atom. The van der Waals surface area contributed by atoms with Crippen molar-refractivity contribution in [2.24, 2.45) is 0 Å². The van der Waals surface area contributed by atoms with Crippen molar-refractivity contribution in [2.75, 3.05) is 26.2 Å².